The highest BCUT2D eigenvalue weighted by Crippen LogP contribution is 2.48. The third-order valence-electron chi connectivity index (χ3n) is 11.6. The summed E-state index contributed by atoms with van der Waals surface area (Å²) in [6.45, 7) is 0. The molecule has 0 heteroatoms. The lowest BCUT2D eigenvalue weighted by atomic mass is 9.82. The molecule has 11 aromatic rings. The molecule has 0 unspecified atom stereocenters. The molecule has 0 heterocycles. The lowest BCUT2D eigenvalue weighted by molar-refractivity contribution is 1.59. The number of benzene rings is 11. The van der Waals surface area contributed by atoms with Gasteiger partial charge in [0.25, 0.3) is 0 Å². The summed E-state index contributed by atoms with van der Waals surface area (Å²) in [5, 5.41) is 12.5. The fraction of sp³-hybridized carbons (Fsp3) is 0. The molecule has 0 saturated carbocycles. The Kier molecular flexibility index (Phi) is 7.60. The summed E-state index contributed by atoms with van der Waals surface area (Å²) >= 11 is 0. The van der Waals surface area contributed by atoms with Crippen LogP contribution in [0.3, 0.4) is 0 Å². The fourth-order valence-electron chi connectivity index (χ4n) is 8.97. The quantitative estimate of drug-likeness (QED) is 0.156. The van der Waals surface area contributed by atoms with E-state index in [1.54, 1.807) is 0 Å². The van der Waals surface area contributed by atoms with Crippen molar-refractivity contribution in [2.45, 2.75) is 0 Å². The zero-order valence-corrected chi connectivity index (χ0v) is 30.8. The molecule has 0 aliphatic rings. The molecule has 0 aliphatic carbocycles. The number of rotatable bonds is 5. The molecule has 0 saturated heterocycles. The van der Waals surface area contributed by atoms with E-state index in [1.165, 1.54) is 109 Å². The molecule has 0 fully saturated rings. The summed E-state index contributed by atoms with van der Waals surface area (Å²) in [7, 11) is 0. The van der Waals surface area contributed by atoms with Gasteiger partial charge in [0.1, 0.15) is 0 Å². The molecule has 11 rings (SSSR count). The predicted molar refractivity (Wildman–Crippen MR) is 241 cm³/mol. The summed E-state index contributed by atoms with van der Waals surface area (Å²) in [4.78, 5) is 0. The van der Waals surface area contributed by atoms with E-state index in [0.29, 0.717) is 0 Å². The minimum Gasteiger partial charge on any atom is -0.0622 e. The van der Waals surface area contributed by atoms with Crippen molar-refractivity contribution < 1.29 is 0 Å². The summed E-state index contributed by atoms with van der Waals surface area (Å²) in [5.74, 6) is 0. The van der Waals surface area contributed by atoms with Crippen molar-refractivity contribution in [1.82, 2.24) is 0 Å². The van der Waals surface area contributed by atoms with E-state index in [9.17, 15) is 0 Å². The van der Waals surface area contributed by atoms with Gasteiger partial charge in [0.15, 0.2) is 0 Å². The molecule has 56 heavy (non-hydrogen) atoms. The second-order valence-corrected chi connectivity index (χ2v) is 14.8. The van der Waals surface area contributed by atoms with Crippen LogP contribution in [0.5, 0.6) is 0 Å². The van der Waals surface area contributed by atoms with Gasteiger partial charge in [0.05, 0.1) is 0 Å². The van der Waals surface area contributed by atoms with Gasteiger partial charge in [-0.1, -0.05) is 188 Å². The maximum atomic E-state index is 2.44. The van der Waals surface area contributed by atoms with Gasteiger partial charge in [0.2, 0.25) is 0 Å². The molecule has 260 valence electrons. The number of fused-ring (bicyclic) bond motifs is 5. The molecule has 0 spiro atoms. The standard InChI is InChI=1S/C56H36/c1-2-14-37(15-3-1)44-33-45(49-26-12-20-39-17-6-8-22-47(39)49)35-46(34-44)55-51-24-10-11-25-52(51)56(50-27-13-21-40-18-7-9-23-48(40)50)54-36-43(30-31-53(54)55)42-29-28-38-16-4-5-19-41(38)32-42/h1-36H. The molecular formula is C56H36. The largest absolute Gasteiger partial charge is 0.0622 e. The molecule has 0 N–H and O–H groups in total. The Hall–Kier alpha value is -7.28. The van der Waals surface area contributed by atoms with E-state index >= 15 is 0 Å². The highest BCUT2D eigenvalue weighted by atomic mass is 14.2. The number of hydrogen-bond donors (Lipinski definition) is 0. The van der Waals surface area contributed by atoms with Crippen LogP contribution < -0.4 is 0 Å². The Bertz CT molecular complexity index is 3290. The Balaban J connectivity index is 1.26. The third kappa shape index (κ3) is 5.38. The van der Waals surface area contributed by atoms with Gasteiger partial charge in [-0.15, -0.1) is 0 Å². The summed E-state index contributed by atoms with van der Waals surface area (Å²) < 4.78 is 0. The average Bonchev–Trinajstić information content (AvgIpc) is 3.27. The molecule has 0 aromatic heterocycles. The first-order chi connectivity index (χ1) is 27.8. The molecular weight excluding hydrogens is 673 g/mol. The van der Waals surface area contributed by atoms with Crippen molar-refractivity contribution in [2.24, 2.45) is 0 Å². The van der Waals surface area contributed by atoms with E-state index < -0.39 is 0 Å². The van der Waals surface area contributed by atoms with E-state index in [1.807, 2.05) is 0 Å². The summed E-state index contributed by atoms with van der Waals surface area (Å²) in [6.07, 6.45) is 0. The Morgan fingerprint density at radius 2 is 0.679 bits per heavy atom. The molecule has 0 radical (unpaired) electrons. The number of hydrogen-bond acceptors (Lipinski definition) is 0. The smallest absolute Gasteiger partial charge is 0.00199 e. The zero-order chi connectivity index (χ0) is 37.0. The minimum absolute atomic E-state index is 1.20. The highest BCUT2D eigenvalue weighted by Gasteiger charge is 2.20. The van der Waals surface area contributed by atoms with Crippen molar-refractivity contribution >= 4 is 53.9 Å². The summed E-state index contributed by atoms with van der Waals surface area (Å²) in [6, 6.07) is 80.6. The van der Waals surface area contributed by atoms with Crippen LogP contribution >= 0.6 is 0 Å². The van der Waals surface area contributed by atoms with Crippen LogP contribution in [0.2, 0.25) is 0 Å². The zero-order valence-electron chi connectivity index (χ0n) is 30.8. The van der Waals surface area contributed by atoms with Gasteiger partial charge in [-0.25, -0.2) is 0 Å². The van der Waals surface area contributed by atoms with Gasteiger partial charge in [0, 0.05) is 0 Å². The van der Waals surface area contributed by atoms with Gasteiger partial charge in [-0.2, -0.15) is 0 Å². The van der Waals surface area contributed by atoms with Crippen molar-refractivity contribution in [3.63, 3.8) is 0 Å². The fourth-order valence-corrected chi connectivity index (χ4v) is 8.97. The monoisotopic (exact) mass is 708 g/mol. The Morgan fingerprint density at radius 3 is 1.43 bits per heavy atom. The van der Waals surface area contributed by atoms with Crippen molar-refractivity contribution in [2.75, 3.05) is 0 Å². The van der Waals surface area contributed by atoms with Crippen LogP contribution in [0.25, 0.3) is 109 Å². The first-order valence-corrected chi connectivity index (χ1v) is 19.4. The molecule has 0 bridgehead atoms. The van der Waals surface area contributed by atoms with E-state index in [4.69, 9.17) is 0 Å². The average molecular weight is 709 g/mol. The Morgan fingerprint density at radius 1 is 0.179 bits per heavy atom. The van der Waals surface area contributed by atoms with Gasteiger partial charge in [-0.05, 0) is 140 Å². The van der Waals surface area contributed by atoms with Crippen molar-refractivity contribution in [3.8, 4) is 55.6 Å². The second kappa shape index (κ2) is 13.2. The molecule has 0 atom stereocenters. The SMILES string of the molecule is c1ccc(-c2cc(-c3cccc4ccccc34)cc(-c3c4ccccc4c(-c4cccc5ccccc45)c4cc(-c5ccc6ccccc6c5)ccc34)c2)cc1. The Labute approximate surface area is 326 Å². The molecule has 11 aromatic carbocycles. The lowest BCUT2D eigenvalue weighted by Crippen LogP contribution is -1.94. The molecule has 0 aliphatic heterocycles. The minimum atomic E-state index is 1.20. The van der Waals surface area contributed by atoms with Crippen LogP contribution in [0.15, 0.2) is 218 Å². The van der Waals surface area contributed by atoms with E-state index in [2.05, 4.69) is 218 Å². The maximum absolute atomic E-state index is 2.44. The normalized spacial score (nSPS) is 11.6. The molecule has 0 amide bonds. The second-order valence-electron chi connectivity index (χ2n) is 14.8. The van der Waals surface area contributed by atoms with Crippen LogP contribution in [0.4, 0.5) is 0 Å². The van der Waals surface area contributed by atoms with Crippen molar-refractivity contribution in [1.29, 1.82) is 0 Å². The molecule has 0 nitrogen and oxygen atoms in total. The van der Waals surface area contributed by atoms with Gasteiger partial charge >= 0.3 is 0 Å². The maximum Gasteiger partial charge on any atom is -0.00199 e. The van der Waals surface area contributed by atoms with Crippen LogP contribution in [-0.2, 0) is 0 Å². The van der Waals surface area contributed by atoms with E-state index in [0.717, 1.165) is 0 Å². The van der Waals surface area contributed by atoms with Crippen LogP contribution in [-0.4, -0.2) is 0 Å². The van der Waals surface area contributed by atoms with Crippen molar-refractivity contribution in [3.05, 3.63) is 218 Å². The van der Waals surface area contributed by atoms with Crippen LogP contribution in [0.1, 0.15) is 0 Å². The first-order valence-electron chi connectivity index (χ1n) is 19.4. The third-order valence-corrected chi connectivity index (χ3v) is 11.6. The predicted octanol–water partition coefficient (Wildman–Crippen LogP) is 15.8. The lowest BCUT2D eigenvalue weighted by Gasteiger charge is -2.21. The topological polar surface area (TPSA) is 0 Å². The first kappa shape index (κ1) is 32.2. The van der Waals surface area contributed by atoms with Gasteiger partial charge < -0.3 is 0 Å². The summed E-state index contributed by atoms with van der Waals surface area (Å²) in [5.41, 5.74) is 12.3. The van der Waals surface area contributed by atoms with Crippen LogP contribution in [0, 0.1) is 0 Å². The van der Waals surface area contributed by atoms with E-state index in [-0.39, 0.29) is 0 Å². The highest BCUT2D eigenvalue weighted by molar-refractivity contribution is 6.24. The van der Waals surface area contributed by atoms with Gasteiger partial charge in [-0.3, -0.25) is 0 Å².